The van der Waals surface area contributed by atoms with Crippen LogP contribution in [0.25, 0.3) is 22.0 Å². The number of nitrogens with zero attached hydrogens (tertiary/aromatic N) is 4. The maximum Gasteiger partial charge on any atom is 0.101 e. The van der Waals surface area contributed by atoms with Gasteiger partial charge in [-0.1, -0.05) is 29.8 Å². The van der Waals surface area contributed by atoms with E-state index in [1.807, 2.05) is 35.9 Å². The molecular formula is C22H17ClN4. The highest BCUT2D eigenvalue weighted by molar-refractivity contribution is 6.32. The molecule has 0 aliphatic heterocycles. The Morgan fingerprint density at radius 1 is 1.11 bits per heavy atom. The lowest BCUT2D eigenvalue weighted by Gasteiger charge is -2.08. The smallest absolute Gasteiger partial charge is 0.101 e. The Morgan fingerprint density at radius 2 is 1.96 bits per heavy atom. The summed E-state index contributed by atoms with van der Waals surface area (Å²) in [4.78, 5) is 4.37. The van der Waals surface area contributed by atoms with Crippen LogP contribution in [0.3, 0.4) is 0 Å². The van der Waals surface area contributed by atoms with Crippen LogP contribution in [0.5, 0.6) is 0 Å². The van der Waals surface area contributed by atoms with E-state index in [0.717, 1.165) is 33.4 Å². The standard InChI is InChI=1S/C22H17ClN4/c1-14-22(18-6-7-19(12-24)20(23)11-18)15(2)27(26-14)13-16-5-8-21-17(10-16)4-3-9-25-21/h3-11H,13H2,1-2H3. The van der Waals surface area contributed by atoms with Crippen molar-refractivity contribution in [1.82, 2.24) is 14.8 Å². The van der Waals surface area contributed by atoms with E-state index in [-0.39, 0.29) is 0 Å². The molecule has 0 bridgehead atoms. The van der Waals surface area contributed by atoms with Crippen molar-refractivity contribution >= 4 is 22.5 Å². The maximum absolute atomic E-state index is 9.08. The number of aromatic nitrogens is 3. The number of hydrogen-bond donors (Lipinski definition) is 0. The fourth-order valence-corrected chi connectivity index (χ4v) is 3.65. The zero-order valence-electron chi connectivity index (χ0n) is 15.1. The Balaban J connectivity index is 1.72. The van der Waals surface area contributed by atoms with Crippen LogP contribution in [-0.4, -0.2) is 14.8 Å². The molecule has 0 atom stereocenters. The number of hydrogen-bond acceptors (Lipinski definition) is 3. The first-order valence-corrected chi connectivity index (χ1v) is 9.02. The fourth-order valence-electron chi connectivity index (χ4n) is 3.43. The summed E-state index contributed by atoms with van der Waals surface area (Å²) >= 11 is 6.22. The third-order valence-corrected chi connectivity index (χ3v) is 5.07. The first kappa shape index (κ1) is 17.3. The molecule has 0 spiro atoms. The summed E-state index contributed by atoms with van der Waals surface area (Å²) in [6, 6.07) is 17.9. The van der Waals surface area contributed by atoms with Gasteiger partial charge in [-0.15, -0.1) is 0 Å². The molecule has 0 aliphatic carbocycles. The molecule has 5 heteroatoms. The van der Waals surface area contributed by atoms with Gasteiger partial charge < -0.3 is 0 Å². The van der Waals surface area contributed by atoms with Crippen LogP contribution in [0.15, 0.2) is 54.7 Å². The largest absolute Gasteiger partial charge is 0.265 e. The SMILES string of the molecule is Cc1nn(Cc2ccc3ncccc3c2)c(C)c1-c1ccc(C#N)c(Cl)c1. The van der Waals surface area contributed by atoms with Gasteiger partial charge in [-0.2, -0.15) is 10.4 Å². The topological polar surface area (TPSA) is 54.5 Å². The third-order valence-electron chi connectivity index (χ3n) is 4.76. The molecule has 0 radical (unpaired) electrons. The zero-order chi connectivity index (χ0) is 19.0. The molecule has 132 valence electrons. The van der Waals surface area contributed by atoms with Gasteiger partial charge in [0, 0.05) is 22.8 Å². The molecule has 27 heavy (non-hydrogen) atoms. The first-order valence-electron chi connectivity index (χ1n) is 8.64. The van der Waals surface area contributed by atoms with Crippen molar-refractivity contribution in [3.63, 3.8) is 0 Å². The summed E-state index contributed by atoms with van der Waals surface area (Å²) < 4.78 is 2.01. The quantitative estimate of drug-likeness (QED) is 0.491. The molecule has 0 saturated carbocycles. The average Bonchev–Trinajstić information content (AvgIpc) is 2.95. The van der Waals surface area contributed by atoms with E-state index in [1.54, 1.807) is 12.3 Å². The van der Waals surface area contributed by atoms with Gasteiger partial charge in [0.1, 0.15) is 6.07 Å². The maximum atomic E-state index is 9.08. The monoisotopic (exact) mass is 372 g/mol. The van der Waals surface area contributed by atoms with Crippen molar-refractivity contribution in [3.05, 3.63) is 82.3 Å². The summed E-state index contributed by atoms with van der Waals surface area (Å²) in [5.74, 6) is 0. The minimum absolute atomic E-state index is 0.462. The van der Waals surface area contributed by atoms with Gasteiger partial charge in [0.15, 0.2) is 0 Å². The van der Waals surface area contributed by atoms with Gasteiger partial charge in [0.05, 0.1) is 28.3 Å². The average molecular weight is 373 g/mol. The second-order valence-corrected chi connectivity index (χ2v) is 6.95. The van der Waals surface area contributed by atoms with Crippen molar-refractivity contribution in [3.8, 4) is 17.2 Å². The van der Waals surface area contributed by atoms with Crippen LogP contribution in [0.1, 0.15) is 22.5 Å². The number of fused-ring (bicyclic) bond motifs is 1. The van der Waals surface area contributed by atoms with E-state index >= 15 is 0 Å². The summed E-state index contributed by atoms with van der Waals surface area (Å²) in [6.45, 7) is 4.74. The molecule has 4 rings (SSSR count). The van der Waals surface area contributed by atoms with E-state index in [0.29, 0.717) is 17.1 Å². The predicted octanol–water partition coefficient (Wildman–Crippen LogP) is 5.29. The van der Waals surface area contributed by atoms with Gasteiger partial charge in [-0.05, 0) is 55.3 Å². The van der Waals surface area contributed by atoms with E-state index in [9.17, 15) is 0 Å². The lowest BCUT2D eigenvalue weighted by Crippen LogP contribution is -2.04. The second kappa shape index (κ2) is 6.86. The predicted molar refractivity (Wildman–Crippen MR) is 108 cm³/mol. The van der Waals surface area contributed by atoms with Crippen molar-refractivity contribution in [1.29, 1.82) is 5.26 Å². The number of pyridine rings is 1. The van der Waals surface area contributed by atoms with Crippen LogP contribution in [0.2, 0.25) is 5.02 Å². The van der Waals surface area contributed by atoms with Crippen molar-refractivity contribution in [2.45, 2.75) is 20.4 Å². The molecule has 0 unspecified atom stereocenters. The van der Waals surface area contributed by atoms with Gasteiger partial charge in [-0.3, -0.25) is 9.67 Å². The molecule has 0 fully saturated rings. The Labute approximate surface area is 162 Å². The Kier molecular flexibility index (Phi) is 4.39. The highest BCUT2D eigenvalue weighted by Crippen LogP contribution is 2.30. The molecular weight excluding hydrogens is 356 g/mol. The lowest BCUT2D eigenvalue weighted by atomic mass is 10.0. The third kappa shape index (κ3) is 3.18. The molecule has 0 saturated heterocycles. The van der Waals surface area contributed by atoms with Crippen LogP contribution < -0.4 is 0 Å². The van der Waals surface area contributed by atoms with Gasteiger partial charge in [0.2, 0.25) is 0 Å². The summed E-state index contributed by atoms with van der Waals surface area (Å²) in [5.41, 5.74) is 6.68. The Hall–Kier alpha value is -3.16. The van der Waals surface area contributed by atoms with Gasteiger partial charge in [-0.25, -0.2) is 0 Å². The van der Waals surface area contributed by atoms with Gasteiger partial charge in [0.25, 0.3) is 0 Å². The highest BCUT2D eigenvalue weighted by atomic mass is 35.5. The zero-order valence-corrected chi connectivity index (χ0v) is 15.8. The summed E-state index contributed by atoms with van der Waals surface area (Å²) in [5, 5.41) is 15.4. The summed E-state index contributed by atoms with van der Waals surface area (Å²) in [6.07, 6.45) is 1.80. The van der Waals surface area contributed by atoms with E-state index in [2.05, 4.69) is 36.2 Å². The second-order valence-electron chi connectivity index (χ2n) is 6.54. The molecule has 4 aromatic rings. The molecule has 2 aromatic carbocycles. The molecule has 0 aliphatic rings. The van der Waals surface area contributed by atoms with Crippen LogP contribution >= 0.6 is 11.6 Å². The first-order chi connectivity index (χ1) is 13.1. The van der Waals surface area contributed by atoms with E-state index in [1.165, 1.54) is 5.56 Å². The molecule has 0 amide bonds. The number of rotatable bonds is 3. The van der Waals surface area contributed by atoms with Crippen LogP contribution in [0, 0.1) is 25.2 Å². The van der Waals surface area contributed by atoms with Crippen LogP contribution in [-0.2, 0) is 6.54 Å². The number of aryl methyl sites for hydroxylation is 1. The Morgan fingerprint density at radius 3 is 2.74 bits per heavy atom. The number of halogens is 1. The molecule has 2 aromatic heterocycles. The van der Waals surface area contributed by atoms with Crippen molar-refractivity contribution < 1.29 is 0 Å². The highest BCUT2D eigenvalue weighted by Gasteiger charge is 2.15. The molecule has 4 nitrogen and oxygen atoms in total. The Bertz CT molecular complexity index is 1200. The normalized spacial score (nSPS) is 10.9. The molecule has 0 N–H and O–H groups in total. The van der Waals surface area contributed by atoms with Gasteiger partial charge >= 0.3 is 0 Å². The van der Waals surface area contributed by atoms with E-state index in [4.69, 9.17) is 22.0 Å². The van der Waals surface area contributed by atoms with Crippen molar-refractivity contribution in [2.24, 2.45) is 0 Å². The minimum Gasteiger partial charge on any atom is -0.265 e. The van der Waals surface area contributed by atoms with Crippen molar-refractivity contribution in [2.75, 3.05) is 0 Å². The lowest BCUT2D eigenvalue weighted by molar-refractivity contribution is 0.659. The van der Waals surface area contributed by atoms with Crippen LogP contribution in [0.4, 0.5) is 0 Å². The number of benzene rings is 2. The fraction of sp³-hybridized carbons (Fsp3) is 0.136. The molecule has 2 heterocycles. The number of nitriles is 1. The van der Waals surface area contributed by atoms with E-state index < -0.39 is 0 Å². The minimum atomic E-state index is 0.462. The summed E-state index contributed by atoms with van der Waals surface area (Å²) in [7, 11) is 0.